The van der Waals surface area contributed by atoms with E-state index < -0.39 is 0 Å². The monoisotopic (exact) mass is 368 g/mol. The summed E-state index contributed by atoms with van der Waals surface area (Å²) in [5, 5.41) is 7.38. The Balaban J connectivity index is 0.00000144. The smallest absolute Gasteiger partial charge is 0.123 e. The van der Waals surface area contributed by atoms with Crippen molar-refractivity contribution in [2.45, 2.75) is 31.5 Å². The van der Waals surface area contributed by atoms with Gasteiger partial charge in [0.25, 0.3) is 0 Å². The topological polar surface area (TPSA) is 33.3 Å². The Kier molecular flexibility index (Phi) is 9.16. The molecule has 2 N–H and O–H groups in total. The van der Waals surface area contributed by atoms with Crippen molar-refractivity contribution in [1.29, 1.82) is 0 Å². The number of halogens is 2. The van der Waals surface area contributed by atoms with E-state index in [9.17, 15) is 0 Å². The Morgan fingerprint density at radius 3 is 2.50 bits per heavy atom. The van der Waals surface area contributed by atoms with Crippen LogP contribution in [0.15, 0.2) is 54.6 Å². The lowest BCUT2D eigenvalue weighted by atomic mass is 9.92. The van der Waals surface area contributed by atoms with Crippen LogP contribution in [0.3, 0.4) is 0 Å². The lowest BCUT2D eigenvalue weighted by molar-refractivity contribution is 0.303. The molecule has 0 aliphatic carbocycles. The molecule has 2 aromatic rings. The van der Waals surface area contributed by atoms with E-state index >= 15 is 0 Å². The maximum absolute atomic E-state index is 5.44. The molecule has 2 aromatic carbocycles. The Labute approximate surface area is 157 Å². The van der Waals surface area contributed by atoms with Gasteiger partial charge in [-0.25, -0.2) is 0 Å². The first-order valence-corrected chi connectivity index (χ1v) is 8.02. The first kappa shape index (κ1) is 20.8. The second kappa shape index (κ2) is 10.6. The van der Waals surface area contributed by atoms with Crippen molar-refractivity contribution in [3.8, 4) is 5.75 Å². The molecule has 0 saturated carbocycles. The van der Waals surface area contributed by atoms with Gasteiger partial charge in [0.2, 0.25) is 0 Å². The molecule has 3 rings (SSSR count). The highest BCUT2D eigenvalue weighted by Gasteiger charge is 2.25. The van der Waals surface area contributed by atoms with Gasteiger partial charge in [-0.3, -0.25) is 0 Å². The maximum Gasteiger partial charge on any atom is 0.123 e. The van der Waals surface area contributed by atoms with Gasteiger partial charge < -0.3 is 15.4 Å². The summed E-state index contributed by atoms with van der Waals surface area (Å²) in [5.74, 6) is 0.954. The highest BCUT2D eigenvalue weighted by molar-refractivity contribution is 5.85. The van der Waals surface area contributed by atoms with Crippen molar-refractivity contribution in [3.63, 3.8) is 0 Å². The number of para-hydroxylation sites is 1. The van der Waals surface area contributed by atoms with E-state index in [1.807, 2.05) is 12.1 Å². The fraction of sp³-hybridized carbons (Fsp3) is 0.368. The molecule has 3 nitrogen and oxygen atoms in total. The Bertz CT molecular complexity index is 595. The van der Waals surface area contributed by atoms with Crippen LogP contribution < -0.4 is 15.4 Å². The lowest BCUT2D eigenvalue weighted by Crippen LogP contribution is -2.45. The molecule has 5 heteroatoms. The van der Waals surface area contributed by atoms with E-state index in [0.717, 1.165) is 18.8 Å². The van der Waals surface area contributed by atoms with Crippen LogP contribution in [0.2, 0.25) is 0 Å². The van der Waals surface area contributed by atoms with Crippen LogP contribution in [0, 0.1) is 0 Å². The summed E-state index contributed by atoms with van der Waals surface area (Å²) < 4.78 is 5.44. The lowest BCUT2D eigenvalue weighted by Gasteiger charge is -2.34. The summed E-state index contributed by atoms with van der Waals surface area (Å²) in [7, 11) is 1.73. The largest absolute Gasteiger partial charge is 0.496 e. The first-order valence-electron chi connectivity index (χ1n) is 8.02. The van der Waals surface area contributed by atoms with E-state index in [1.165, 1.54) is 24.0 Å². The normalized spacial score (nSPS) is 19.7. The van der Waals surface area contributed by atoms with Crippen molar-refractivity contribution in [1.82, 2.24) is 10.6 Å². The minimum Gasteiger partial charge on any atom is -0.496 e. The summed E-state index contributed by atoms with van der Waals surface area (Å²) in [6, 6.07) is 19.8. The molecular formula is C19H26Cl2N2O. The van der Waals surface area contributed by atoms with Gasteiger partial charge in [-0.05, 0) is 31.0 Å². The number of hydrogen-bond acceptors (Lipinski definition) is 3. The number of ether oxygens (including phenoxy) is 1. The molecule has 0 aromatic heterocycles. The van der Waals surface area contributed by atoms with E-state index in [0.29, 0.717) is 12.1 Å². The summed E-state index contributed by atoms with van der Waals surface area (Å²) in [6.45, 7) is 1.92. The molecule has 2 atom stereocenters. The van der Waals surface area contributed by atoms with Gasteiger partial charge >= 0.3 is 0 Å². The molecule has 1 aliphatic rings. The van der Waals surface area contributed by atoms with Gasteiger partial charge in [-0.2, -0.15) is 0 Å². The zero-order chi connectivity index (χ0) is 15.2. The summed E-state index contributed by atoms with van der Waals surface area (Å²) in [4.78, 5) is 0. The van der Waals surface area contributed by atoms with Crippen LogP contribution in [0.1, 0.15) is 30.0 Å². The average molecular weight is 369 g/mol. The van der Waals surface area contributed by atoms with Crippen LogP contribution in [0.25, 0.3) is 0 Å². The molecule has 24 heavy (non-hydrogen) atoms. The third kappa shape index (κ3) is 5.12. The number of methoxy groups -OCH3 is 1. The summed E-state index contributed by atoms with van der Waals surface area (Å²) >= 11 is 0. The number of benzene rings is 2. The van der Waals surface area contributed by atoms with Crippen LogP contribution in [-0.2, 0) is 6.54 Å². The van der Waals surface area contributed by atoms with Gasteiger partial charge in [0, 0.05) is 24.2 Å². The average Bonchev–Trinajstić information content (AvgIpc) is 2.61. The molecule has 1 aliphatic heterocycles. The molecule has 0 amide bonds. The molecule has 132 valence electrons. The molecule has 0 bridgehead atoms. The van der Waals surface area contributed by atoms with Gasteiger partial charge in [0.1, 0.15) is 5.75 Å². The van der Waals surface area contributed by atoms with Gasteiger partial charge in [0.05, 0.1) is 7.11 Å². The number of nitrogens with one attached hydrogen (secondary N) is 2. The highest BCUT2D eigenvalue weighted by atomic mass is 35.5. The molecule has 0 radical (unpaired) electrons. The van der Waals surface area contributed by atoms with Crippen molar-refractivity contribution in [2.24, 2.45) is 0 Å². The van der Waals surface area contributed by atoms with Gasteiger partial charge in [-0.1, -0.05) is 48.5 Å². The molecule has 0 spiro atoms. The predicted octanol–water partition coefficient (Wildman–Crippen LogP) is 4.12. The van der Waals surface area contributed by atoms with E-state index in [2.05, 4.69) is 53.1 Å². The molecule has 1 fully saturated rings. The zero-order valence-corrected chi connectivity index (χ0v) is 15.5. The van der Waals surface area contributed by atoms with Crippen LogP contribution >= 0.6 is 24.8 Å². The maximum atomic E-state index is 5.44. The van der Waals surface area contributed by atoms with Crippen LogP contribution in [0.4, 0.5) is 0 Å². The third-order valence-corrected chi connectivity index (χ3v) is 4.36. The highest BCUT2D eigenvalue weighted by Crippen LogP contribution is 2.25. The van der Waals surface area contributed by atoms with Crippen LogP contribution in [0.5, 0.6) is 5.75 Å². The van der Waals surface area contributed by atoms with Crippen molar-refractivity contribution in [2.75, 3.05) is 13.7 Å². The second-order valence-electron chi connectivity index (χ2n) is 5.78. The van der Waals surface area contributed by atoms with Crippen molar-refractivity contribution in [3.05, 3.63) is 65.7 Å². The number of rotatable bonds is 5. The van der Waals surface area contributed by atoms with Gasteiger partial charge in [-0.15, -0.1) is 24.8 Å². The minimum atomic E-state index is 0. The third-order valence-electron chi connectivity index (χ3n) is 4.36. The molecule has 1 heterocycles. The SMILES string of the molecule is COc1ccccc1CNC1CCCNC1c1ccccc1.Cl.Cl. The van der Waals surface area contributed by atoms with E-state index in [4.69, 9.17) is 4.74 Å². The minimum absolute atomic E-state index is 0. The number of hydrogen-bond donors (Lipinski definition) is 2. The molecule has 1 saturated heterocycles. The Morgan fingerprint density at radius 1 is 1.04 bits per heavy atom. The fourth-order valence-corrected chi connectivity index (χ4v) is 3.21. The quantitative estimate of drug-likeness (QED) is 0.832. The van der Waals surface area contributed by atoms with Gasteiger partial charge in [0.15, 0.2) is 0 Å². The zero-order valence-electron chi connectivity index (χ0n) is 13.9. The molecule has 2 unspecified atom stereocenters. The first-order chi connectivity index (χ1) is 10.9. The summed E-state index contributed by atoms with van der Waals surface area (Å²) in [6.07, 6.45) is 2.41. The fourth-order valence-electron chi connectivity index (χ4n) is 3.21. The van der Waals surface area contributed by atoms with E-state index in [1.54, 1.807) is 7.11 Å². The summed E-state index contributed by atoms with van der Waals surface area (Å²) in [5.41, 5.74) is 2.57. The second-order valence-corrected chi connectivity index (χ2v) is 5.78. The van der Waals surface area contributed by atoms with Crippen LogP contribution in [-0.4, -0.2) is 19.7 Å². The van der Waals surface area contributed by atoms with Crippen molar-refractivity contribution < 1.29 is 4.74 Å². The standard InChI is InChI=1S/C19H24N2O.2ClH/c1-22-18-12-6-5-10-16(18)14-21-17-11-7-13-20-19(17)15-8-3-2-4-9-15;;/h2-6,8-10,12,17,19-21H,7,11,13-14H2,1H3;2*1H. The number of piperidine rings is 1. The predicted molar refractivity (Wildman–Crippen MR) is 105 cm³/mol. The Hall–Kier alpha value is -1.26. The Morgan fingerprint density at radius 2 is 1.75 bits per heavy atom. The van der Waals surface area contributed by atoms with E-state index in [-0.39, 0.29) is 24.8 Å². The molecular weight excluding hydrogens is 343 g/mol. The van der Waals surface area contributed by atoms with Crippen molar-refractivity contribution >= 4 is 24.8 Å².